The Morgan fingerprint density at radius 3 is 2.53 bits per heavy atom. The molecule has 1 nitrogen and oxygen atoms in total. The molecule has 0 N–H and O–H groups in total. The van der Waals surface area contributed by atoms with Gasteiger partial charge in [-0.25, -0.2) is 4.39 Å². The highest BCUT2D eigenvalue weighted by atomic mass is 35.5. The van der Waals surface area contributed by atoms with Crippen LogP contribution in [0.15, 0.2) is 42.7 Å². The summed E-state index contributed by atoms with van der Waals surface area (Å²) in [6.45, 7) is 0. The molecule has 2 aromatic rings. The van der Waals surface area contributed by atoms with Crippen molar-refractivity contribution in [3.05, 3.63) is 54.1 Å². The number of rotatable bonds is 2. The number of benzene rings is 1. The molecule has 0 bridgehead atoms. The molecular formula is C12H9ClFN. The van der Waals surface area contributed by atoms with E-state index in [4.69, 9.17) is 11.6 Å². The van der Waals surface area contributed by atoms with Crippen molar-refractivity contribution in [2.24, 2.45) is 0 Å². The average molecular weight is 222 g/mol. The first-order chi connectivity index (χ1) is 7.33. The Labute approximate surface area is 92.5 Å². The minimum atomic E-state index is -0.251. The van der Waals surface area contributed by atoms with E-state index in [1.807, 2.05) is 0 Å². The van der Waals surface area contributed by atoms with Gasteiger partial charge in [-0.05, 0) is 17.7 Å². The Morgan fingerprint density at radius 1 is 1.13 bits per heavy atom. The molecule has 0 amide bonds. The number of hydrogen-bond donors (Lipinski definition) is 0. The Kier molecular flexibility index (Phi) is 2.97. The lowest BCUT2D eigenvalue weighted by atomic mass is 10.0. The lowest BCUT2D eigenvalue weighted by Crippen LogP contribution is -1.90. The van der Waals surface area contributed by atoms with Crippen molar-refractivity contribution in [1.29, 1.82) is 0 Å². The van der Waals surface area contributed by atoms with Gasteiger partial charge in [0.1, 0.15) is 5.82 Å². The number of hydrogen-bond acceptors (Lipinski definition) is 1. The van der Waals surface area contributed by atoms with Gasteiger partial charge >= 0.3 is 0 Å². The summed E-state index contributed by atoms with van der Waals surface area (Å²) in [7, 11) is 0. The van der Waals surface area contributed by atoms with Gasteiger partial charge in [0.15, 0.2) is 0 Å². The zero-order chi connectivity index (χ0) is 10.7. The fraction of sp³-hybridized carbons (Fsp3) is 0.0833. The fourth-order valence-electron chi connectivity index (χ4n) is 1.44. The molecule has 76 valence electrons. The van der Waals surface area contributed by atoms with Gasteiger partial charge in [0.05, 0.1) is 5.88 Å². The minimum absolute atomic E-state index is 0.185. The molecule has 2 rings (SSSR count). The summed E-state index contributed by atoms with van der Waals surface area (Å²) in [4.78, 5) is 3.89. The van der Waals surface area contributed by atoms with Gasteiger partial charge in [-0.1, -0.05) is 18.2 Å². The second-order valence-electron chi connectivity index (χ2n) is 3.15. The van der Waals surface area contributed by atoms with Crippen molar-refractivity contribution < 1.29 is 4.39 Å². The van der Waals surface area contributed by atoms with Crippen LogP contribution in [0, 0.1) is 5.82 Å². The summed E-state index contributed by atoms with van der Waals surface area (Å²) in [6.07, 6.45) is 3.28. The maximum absolute atomic E-state index is 13.9. The first-order valence-electron chi connectivity index (χ1n) is 4.56. The van der Waals surface area contributed by atoms with Gasteiger partial charge in [0, 0.05) is 23.5 Å². The normalized spacial score (nSPS) is 10.3. The van der Waals surface area contributed by atoms with Gasteiger partial charge < -0.3 is 0 Å². The van der Waals surface area contributed by atoms with Crippen LogP contribution in [0.2, 0.25) is 0 Å². The number of halogens is 2. The van der Waals surface area contributed by atoms with Crippen LogP contribution in [0.3, 0.4) is 0 Å². The molecule has 3 heteroatoms. The quantitative estimate of drug-likeness (QED) is 0.706. The summed E-state index contributed by atoms with van der Waals surface area (Å²) in [5, 5.41) is 0. The third kappa shape index (κ3) is 2.00. The SMILES string of the molecule is Fc1c(CCl)cccc1-c1ccncc1. The second-order valence-corrected chi connectivity index (χ2v) is 3.42. The van der Waals surface area contributed by atoms with Crippen LogP contribution in [0.1, 0.15) is 5.56 Å². The molecular weight excluding hydrogens is 213 g/mol. The molecule has 0 saturated heterocycles. The molecule has 0 aliphatic carbocycles. The van der Waals surface area contributed by atoms with E-state index in [1.165, 1.54) is 0 Å². The Bertz CT molecular complexity index is 456. The predicted molar refractivity (Wildman–Crippen MR) is 59.2 cm³/mol. The highest BCUT2D eigenvalue weighted by molar-refractivity contribution is 6.17. The van der Waals surface area contributed by atoms with Crippen molar-refractivity contribution in [2.75, 3.05) is 0 Å². The number of pyridine rings is 1. The average Bonchev–Trinajstić information content (AvgIpc) is 2.30. The molecule has 0 radical (unpaired) electrons. The van der Waals surface area contributed by atoms with Gasteiger partial charge in [-0.3, -0.25) is 4.98 Å². The molecule has 15 heavy (non-hydrogen) atoms. The van der Waals surface area contributed by atoms with E-state index >= 15 is 0 Å². The van der Waals surface area contributed by atoms with Crippen LogP contribution < -0.4 is 0 Å². The zero-order valence-electron chi connectivity index (χ0n) is 7.95. The van der Waals surface area contributed by atoms with Crippen LogP contribution in [0.25, 0.3) is 11.1 Å². The van der Waals surface area contributed by atoms with E-state index in [2.05, 4.69) is 4.98 Å². The van der Waals surface area contributed by atoms with E-state index in [0.29, 0.717) is 11.1 Å². The standard InChI is InChI=1S/C12H9ClFN/c13-8-10-2-1-3-11(12(10)14)9-4-6-15-7-5-9/h1-7H,8H2. The van der Waals surface area contributed by atoms with Crippen molar-refractivity contribution in [2.45, 2.75) is 5.88 Å². The van der Waals surface area contributed by atoms with Crippen LogP contribution in [-0.2, 0) is 5.88 Å². The van der Waals surface area contributed by atoms with Gasteiger partial charge in [0.25, 0.3) is 0 Å². The van der Waals surface area contributed by atoms with Gasteiger partial charge in [0.2, 0.25) is 0 Å². The Balaban J connectivity index is 2.54. The monoisotopic (exact) mass is 221 g/mol. The topological polar surface area (TPSA) is 12.9 Å². The third-order valence-electron chi connectivity index (χ3n) is 2.21. The van der Waals surface area contributed by atoms with Gasteiger partial charge in [-0.15, -0.1) is 11.6 Å². The van der Waals surface area contributed by atoms with Crippen molar-refractivity contribution >= 4 is 11.6 Å². The first-order valence-corrected chi connectivity index (χ1v) is 5.10. The molecule has 0 spiro atoms. The summed E-state index contributed by atoms with van der Waals surface area (Å²) < 4.78 is 13.9. The Hall–Kier alpha value is -1.41. The van der Waals surface area contributed by atoms with Crippen molar-refractivity contribution in [3.63, 3.8) is 0 Å². The number of nitrogens with zero attached hydrogens (tertiary/aromatic N) is 1. The molecule has 0 fully saturated rings. The van der Waals surface area contributed by atoms with E-state index in [1.54, 1.807) is 42.7 Å². The fourth-order valence-corrected chi connectivity index (χ4v) is 1.64. The summed E-state index contributed by atoms with van der Waals surface area (Å²) in [5.41, 5.74) is 1.90. The summed E-state index contributed by atoms with van der Waals surface area (Å²) in [6, 6.07) is 8.77. The maximum atomic E-state index is 13.9. The Morgan fingerprint density at radius 2 is 1.87 bits per heavy atom. The molecule has 1 aromatic heterocycles. The first kappa shape index (κ1) is 10.1. The van der Waals surface area contributed by atoms with Gasteiger partial charge in [-0.2, -0.15) is 0 Å². The number of aromatic nitrogens is 1. The van der Waals surface area contributed by atoms with E-state index in [9.17, 15) is 4.39 Å². The lowest BCUT2D eigenvalue weighted by Gasteiger charge is -2.05. The highest BCUT2D eigenvalue weighted by Crippen LogP contribution is 2.24. The number of alkyl halides is 1. The molecule has 0 aliphatic rings. The molecule has 0 unspecified atom stereocenters. The summed E-state index contributed by atoms with van der Waals surface area (Å²) in [5.74, 6) is -0.0659. The van der Waals surface area contributed by atoms with E-state index in [0.717, 1.165) is 5.56 Å². The van der Waals surface area contributed by atoms with Crippen molar-refractivity contribution in [3.8, 4) is 11.1 Å². The molecule has 0 atom stereocenters. The summed E-state index contributed by atoms with van der Waals surface area (Å²) >= 11 is 5.64. The minimum Gasteiger partial charge on any atom is -0.265 e. The van der Waals surface area contributed by atoms with Crippen LogP contribution >= 0.6 is 11.6 Å². The van der Waals surface area contributed by atoms with Crippen LogP contribution in [0.4, 0.5) is 4.39 Å². The molecule has 0 aliphatic heterocycles. The molecule has 0 saturated carbocycles. The zero-order valence-corrected chi connectivity index (χ0v) is 8.71. The third-order valence-corrected chi connectivity index (χ3v) is 2.50. The lowest BCUT2D eigenvalue weighted by molar-refractivity contribution is 0.620. The molecule has 1 aromatic carbocycles. The van der Waals surface area contributed by atoms with Crippen LogP contribution in [0.5, 0.6) is 0 Å². The maximum Gasteiger partial charge on any atom is 0.135 e. The van der Waals surface area contributed by atoms with E-state index in [-0.39, 0.29) is 11.7 Å². The predicted octanol–water partition coefficient (Wildman–Crippen LogP) is 3.63. The van der Waals surface area contributed by atoms with Crippen LogP contribution in [-0.4, -0.2) is 4.98 Å². The second kappa shape index (κ2) is 4.41. The van der Waals surface area contributed by atoms with E-state index < -0.39 is 0 Å². The van der Waals surface area contributed by atoms with Crippen molar-refractivity contribution in [1.82, 2.24) is 4.98 Å². The smallest absolute Gasteiger partial charge is 0.135 e. The highest BCUT2D eigenvalue weighted by Gasteiger charge is 2.08. The largest absolute Gasteiger partial charge is 0.265 e. The molecule has 1 heterocycles.